The molecule has 1 aromatic rings. The topological polar surface area (TPSA) is 77.9 Å². The number of likely N-dealkylation sites (tertiary alicyclic amines) is 1. The number of carboxylic acid groups (broad SMARTS) is 1. The van der Waals surface area contributed by atoms with Gasteiger partial charge in [-0.2, -0.15) is 0 Å². The molecule has 1 aliphatic rings. The maximum absolute atomic E-state index is 12.6. The number of likely N-dealkylation sites (N-methyl/N-ethyl adjacent to an activating group) is 1. The van der Waals surface area contributed by atoms with Gasteiger partial charge in [0.15, 0.2) is 0 Å². The van der Waals surface area contributed by atoms with Crippen LogP contribution in [0.3, 0.4) is 0 Å². The van der Waals surface area contributed by atoms with Crippen molar-refractivity contribution in [2.75, 3.05) is 20.1 Å². The summed E-state index contributed by atoms with van der Waals surface area (Å²) in [6.45, 7) is 0.684. The van der Waals surface area contributed by atoms with Crippen molar-refractivity contribution >= 4 is 33.7 Å². The number of carbonyl (C=O) groups is 3. The average molecular weight is 383 g/mol. The number of carboxylic acids is 1. The Hall–Kier alpha value is -1.89. The van der Waals surface area contributed by atoms with Gasteiger partial charge in [0, 0.05) is 30.2 Å². The van der Waals surface area contributed by atoms with E-state index >= 15 is 0 Å². The van der Waals surface area contributed by atoms with Crippen LogP contribution in [0.1, 0.15) is 29.6 Å². The van der Waals surface area contributed by atoms with Crippen molar-refractivity contribution in [2.24, 2.45) is 0 Å². The summed E-state index contributed by atoms with van der Waals surface area (Å²) in [7, 11) is 1.58. The van der Waals surface area contributed by atoms with Gasteiger partial charge in [-0.3, -0.25) is 14.4 Å². The summed E-state index contributed by atoms with van der Waals surface area (Å²) in [4.78, 5) is 38.7. The molecule has 2 rings (SSSR count). The highest BCUT2D eigenvalue weighted by Crippen LogP contribution is 2.22. The van der Waals surface area contributed by atoms with E-state index in [1.54, 1.807) is 36.2 Å². The minimum atomic E-state index is -0.945. The highest BCUT2D eigenvalue weighted by Gasteiger charge is 2.36. The molecule has 0 bridgehead atoms. The monoisotopic (exact) mass is 382 g/mol. The van der Waals surface area contributed by atoms with E-state index in [-0.39, 0.29) is 24.8 Å². The molecule has 0 saturated carbocycles. The number of hydrogen-bond acceptors (Lipinski definition) is 3. The molecule has 0 aliphatic carbocycles. The molecule has 2 amide bonds. The Morgan fingerprint density at radius 1 is 1.30 bits per heavy atom. The zero-order valence-electron chi connectivity index (χ0n) is 12.9. The van der Waals surface area contributed by atoms with E-state index in [4.69, 9.17) is 5.11 Å². The molecule has 6 nitrogen and oxygen atoms in total. The highest BCUT2D eigenvalue weighted by molar-refractivity contribution is 9.10. The SMILES string of the molecule is CN(CCC(=O)O)C(=O)C1CCCN1C(=O)c1ccc(Br)cc1. The first-order chi connectivity index (χ1) is 10.9. The standard InChI is InChI=1S/C16H19BrN2O4/c1-18(10-8-14(20)21)16(23)13-3-2-9-19(13)15(22)11-4-6-12(17)7-5-11/h4-7,13H,2-3,8-10H2,1H3,(H,20,21). The van der Waals surface area contributed by atoms with Crippen LogP contribution in [0.2, 0.25) is 0 Å². The number of hydrogen-bond donors (Lipinski definition) is 1. The molecule has 23 heavy (non-hydrogen) atoms. The molecule has 1 N–H and O–H groups in total. The minimum absolute atomic E-state index is 0.102. The van der Waals surface area contributed by atoms with Crippen LogP contribution >= 0.6 is 15.9 Å². The molecular weight excluding hydrogens is 364 g/mol. The van der Waals surface area contributed by atoms with Gasteiger partial charge in [-0.25, -0.2) is 0 Å². The third kappa shape index (κ3) is 4.31. The summed E-state index contributed by atoms with van der Waals surface area (Å²) in [6.07, 6.45) is 1.28. The third-order valence-electron chi connectivity index (χ3n) is 3.93. The van der Waals surface area contributed by atoms with Crippen molar-refractivity contribution in [3.05, 3.63) is 34.3 Å². The quantitative estimate of drug-likeness (QED) is 0.844. The first-order valence-corrected chi connectivity index (χ1v) is 8.22. The third-order valence-corrected chi connectivity index (χ3v) is 4.46. The summed E-state index contributed by atoms with van der Waals surface area (Å²) in [5, 5.41) is 8.71. The van der Waals surface area contributed by atoms with Gasteiger partial charge in [0.1, 0.15) is 6.04 Å². The van der Waals surface area contributed by atoms with E-state index in [9.17, 15) is 14.4 Å². The Labute approximate surface area is 143 Å². The van der Waals surface area contributed by atoms with Crippen LogP contribution in [-0.4, -0.2) is 58.9 Å². The molecule has 1 aliphatic heterocycles. The predicted octanol–water partition coefficient (Wildman–Crippen LogP) is 1.99. The van der Waals surface area contributed by atoms with Crippen LogP contribution in [0.15, 0.2) is 28.7 Å². The lowest BCUT2D eigenvalue weighted by Crippen LogP contribution is -2.47. The van der Waals surface area contributed by atoms with Gasteiger partial charge in [-0.1, -0.05) is 15.9 Å². The largest absolute Gasteiger partial charge is 0.481 e. The zero-order valence-corrected chi connectivity index (χ0v) is 14.5. The second-order valence-electron chi connectivity index (χ2n) is 5.57. The Morgan fingerprint density at radius 3 is 2.57 bits per heavy atom. The van der Waals surface area contributed by atoms with Crippen LogP contribution in [-0.2, 0) is 9.59 Å². The molecule has 1 fully saturated rings. The van der Waals surface area contributed by atoms with Gasteiger partial charge in [0.05, 0.1) is 6.42 Å². The van der Waals surface area contributed by atoms with Gasteiger partial charge < -0.3 is 14.9 Å². The second kappa shape index (κ2) is 7.59. The first kappa shape index (κ1) is 17.5. The van der Waals surface area contributed by atoms with E-state index in [0.717, 1.165) is 10.9 Å². The van der Waals surface area contributed by atoms with Gasteiger partial charge in [-0.05, 0) is 37.1 Å². The molecule has 1 unspecified atom stereocenters. The van der Waals surface area contributed by atoms with Crippen LogP contribution in [0.4, 0.5) is 0 Å². The van der Waals surface area contributed by atoms with Gasteiger partial charge in [0.2, 0.25) is 5.91 Å². The maximum Gasteiger partial charge on any atom is 0.305 e. The summed E-state index contributed by atoms with van der Waals surface area (Å²) < 4.78 is 0.886. The number of rotatable bonds is 5. The smallest absolute Gasteiger partial charge is 0.305 e. The number of benzene rings is 1. The Bertz CT molecular complexity index is 603. The van der Waals surface area contributed by atoms with E-state index in [2.05, 4.69) is 15.9 Å². The van der Waals surface area contributed by atoms with Gasteiger partial charge in [-0.15, -0.1) is 0 Å². The number of carbonyl (C=O) groups excluding carboxylic acids is 2. The summed E-state index contributed by atoms with van der Waals surface area (Å²) in [6, 6.07) is 6.52. The van der Waals surface area contributed by atoms with E-state index in [1.807, 2.05) is 0 Å². The van der Waals surface area contributed by atoms with Gasteiger partial charge >= 0.3 is 5.97 Å². The Balaban J connectivity index is 2.07. The number of aliphatic carboxylic acids is 1. The lowest BCUT2D eigenvalue weighted by molar-refractivity contribution is -0.139. The zero-order chi connectivity index (χ0) is 17.0. The summed E-state index contributed by atoms with van der Waals surface area (Å²) in [5.74, 6) is -1.31. The number of amides is 2. The van der Waals surface area contributed by atoms with Crippen molar-refractivity contribution in [3.8, 4) is 0 Å². The maximum atomic E-state index is 12.6. The summed E-state index contributed by atoms with van der Waals surface area (Å²) >= 11 is 3.33. The average Bonchev–Trinajstić information content (AvgIpc) is 3.01. The lowest BCUT2D eigenvalue weighted by Gasteiger charge is -2.28. The highest BCUT2D eigenvalue weighted by atomic mass is 79.9. The molecule has 7 heteroatoms. The molecule has 0 aromatic heterocycles. The fourth-order valence-corrected chi connectivity index (χ4v) is 2.92. The fraction of sp³-hybridized carbons (Fsp3) is 0.438. The van der Waals surface area contributed by atoms with Crippen molar-refractivity contribution < 1.29 is 19.5 Å². The first-order valence-electron chi connectivity index (χ1n) is 7.43. The minimum Gasteiger partial charge on any atom is -0.481 e. The number of nitrogens with zero attached hydrogens (tertiary/aromatic N) is 2. The number of halogens is 1. The molecular formula is C16H19BrN2O4. The van der Waals surface area contributed by atoms with Crippen LogP contribution in [0.5, 0.6) is 0 Å². The van der Waals surface area contributed by atoms with Crippen LogP contribution < -0.4 is 0 Å². The van der Waals surface area contributed by atoms with E-state index < -0.39 is 12.0 Å². The molecule has 1 heterocycles. The Morgan fingerprint density at radius 2 is 1.96 bits per heavy atom. The normalized spacial score (nSPS) is 17.1. The molecule has 1 atom stereocenters. The molecule has 1 saturated heterocycles. The Kier molecular flexibility index (Phi) is 5.76. The molecule has 0 radical (unpaired) electrons. The van der Waals surface area contributed by atoms with Crippen molar-refractivity contribution in [3.63, 3.8) is 0 Å². The molecule has 1 aromatic carbocycles. The second-order valence-corrected chi connectivity index (χ2v) is 6.48. The lowest BCUT2D eigenvalue weighted by atomic mass is 10.1. The van der Waals surface area contributed by atoms with E-state index in [1.165, 1.54) is 4.90 Å². The van der Waals surface area contributed by atoms with Gasteiger partial charge in [0.25, 0.3) is 5.91 Å². The molecule has 124 valence electrons. The van der Waals surface area contributed by atoms with Crippen molar-refractivity contribution in [1.82, 2.24) is 9.80 Å². The predicted molar refractivity (Wildman–Crippen MR) is 88.1 cm³/mol. The van der Waals surface area contributed by atoms with Crippen molar-refractivity contribution in [1.29, 1.82) is 0 Å². The fourth-order valence-electron chi connectivity index (χ4n) is 2.65. The molecule has 0 spiro atoms. The van der Waals surface area contributed by atoms with E-state index in [0.29, 0.717) is 18.5 Å². The van der Waals surface area contributed by atoms with Crippen molar-refractivity contribution in [2.45, 2.75) is 25.3 Å². The van der Waals surface area contributed by atoms with Crippen LogP contribution in [0, 0.1) is 0 Å². The summed E-state index contributed by atoms with van der Waals surface area (Å²) in [5.41, 5.74) is 0.543. The van der Waals surface area contributed by atoms with Crippen LogP contribution in [0.25, 0.3) is 0 Å².